The summed E-state index contributed by atoms with van der Waals surface area (Å²) in [6, 6.07) is 13.0. The lowest BCUT2D eigenvalue weighted by atomic mass is 9.93. The zero-order valence-electron chi connectivity index (χ0n) is 10.0. The highest BCUT2D eigenvalue weighted by molar-refractivity contribution is 9.10. The molecule has 0 aliphatic carbocycles. The molecule has 19 heavy (non-hydrogen) atoms. The van der Waals surface area contributed by atoms with Crippen molar-refractivity contribution in [3.8, 4) is 0 Å². The molecule has 0 aromatic heterocycles. The van der Waals surface area contributed by atoms with Crippen LogP contribution in [0.2, 0.25) is 5.02 Å². The molecule has 0 N–H and O–H groups in total. The fourth-order valence-electron chi connectivity index (χ4n) is 1.99. The molecule has 0 fully saturated rings. The van der Waals surface area contributed by atoms with Gasteiger partial charge in [0, 0.05) is 16.3 Å². The van der Waals surface area contributed by atoms with Crippen LogP contribution in [0.1, 0.15) is 17.0 Å². The Morgan fingerprint density at radius 1 is 1.16 bits per heavy atom. The molecule has 0 spiro atoms. The summed E-state index contributed by atoms with van der Waals surface area (Å²) in [7, 11) is 0. The fraction of sp³-hybridized carbons (Fsp3) is 0.200. The average molecular weight is 362 g/mol. The van der Waals surface area contributed by atoms with E-state index in [1.807, 2.05) is 24.3 Å². The average Bonchev–Trinajstić information content (AvgIpc) is 2.40. The highest BCUT2D eigenvalue weighted by Crippen LogP contribution is 2.27. The van der Waals surface area contributed by atoms with Gasteiger partial charge in [0.05, 0.1) is 5.02 Å². The van der Waals surface area contributed by atoms with E-state index in [9.17, 15) is 4.39 Å². The molecule has 0 radical (unpaired) electrons. The summed E-state index contributed by atoms with van der Waals surface area (Å²) in [5, 5.41) is 0.153. The maximum atomic E-state index is 13.9. The van der Waals surface area contributed by atoms with Crippen LogP contribution in [0.25, 0.3) is 0 Å². The Morgan fingerprint density at radius 2 is 1.89 bits per heavy atom. The van der Waals surface area contributed by atoms with Crippen LogP contribution >= 0.6 is 39.1 Å². The highest BCUT2D eigenvalue weighted by Gasteiger charge is 2.15. The summed E-state index contributed by atoms with van der Waals surface area (Å²) < 4.78 is 14.9. The van der Waals surface area contributed by atoms with E-state index < -0.39 is 0 Å². The van der Waals surface area contributed by atoms with Crippen LogP contribution in [0.4, 0.5) is 4.39 Å². The molecule has 4 heteroatoms. The van der Waals surface area contributed by atoms with Crippen molar-refractivity contribution in [2.45, 2.75) is 12.3 Å². The van der Waals surface area contributed by atoms with E-state index in [0.717, 1.165) is 10.0 Å². The van der Waals surface area contributed by atoms with E-state index in [2.05, 4.69) is 15.9 Å². The summed E-state index contributed by atoms with van der Waals surface area (Å²) in [6.45, 7) is 0. The van der Waals surface area contributed by atoms with Gasteiger partial charge in [0.25, 0.3) is 0 Å². The van der Waals surface area contributed by atoms with Gasteiger partial charge >= 0.3 is 0 Å². The summed E-state index contributed by atoms with van der Waals surface area (Å²) >= 11 is 15.3. The molecule has 0 nitrogen and oxygen atoms in total. The van der Waals surface area contributed by atoms with Crippen LogP contribution in [-0.2, 0) is 6.42 Å². The van der Waals surface area contributed by atoms with E-state index in [1.165, 1.54) is 0 Å². The smallest absolute Gasteiger partial charge is 0.144 e. The Bertz CT molecular complexity index is 572. The summed E-state index contributed by atoms with van der Waals surface area (Å²) in [4.78, 5) is 0. The third-order valence-electron chi connectivity index (χ3n) is 3.00. The summed E-state index contributed by atoms with van der Waals surface area (Å²) in [6.07, 6.45) is 0.534. The van der Waals surface area contributed by atoms with Crippen molar-refractivity contribution in [3.05, 3.63) is 68.9 Å². The van der Waals surface area contributed by atoms with Crippen molar-refractivity contribution in [2.75, 3.05) is 5.88 Å². The second kappa shape index (κ2) is 6.74. The second-order valence-electron chi connectivity index (χ2n) is 4.32. The Balaban J connectivity index is 2.26. The largest absolute Gasteiger partial charge is 0.205 e. The van der Waals surface area contributed by atoms with Crippen molar-refractivity contribution < 1.29 is 4.39 Å². The third kappa shape index (κ3) is 3.71. The molecule has 2 aromatic carbocycles. The van der Waals surface area contributed by atoms with E-state index in [-0.39, 0.29) is 16.8 Å². The Kier molecular flexibility index (Phi) is 5.26. The molecule has 0 amide bonds. The number of halogens is 4. The van der Waals surface area contributed by atoms with Crippen LogP contribution < -0.4 is 0 Å². The van der Waals surface area contributed by atoms with Crippen molar-refractivity contribution in [2.24, 2.45) is 0 Å². The Hall–Kier alpha value is -0.570. The normalized spacial score (nSPS) is 12.4. The molecule has 100 valence electrons. The third-order valence-corrected chi connectivity index (χ3v) is 4.16. The van der Waals surface area contributed by atoms with Gasteiger partial charge in [-0.25, -0.2) is 4.39 Å². The number of rotatable bonds is 4. The maximum absolute atomic E-state index is 13.9. The first-order chi connectivity index (χ1) is 9.11. The minimum atomic E-state index is -0.353. The molecule has 0 saturated heterocycles. The first kappa shape index (κ1) is 14.8. The van der Waals surface area contributed by atoms with Crippen LogP contribution in [0.15, 0.2) is 46.9 Å². The molecule has 0 aliphatic rings. The van der Waals surface area contributed by atoms with Crippen molar-refractivity contribution in [1.82, 2.24) is 0 Å². The van der Waals surface area contributed by atoms with Crippen molar-refractivity contribution >= 4 is 39.1 Å². The predicted molar refractivity (Wildman–Crippen MR) is 82.7 cm³/mol. The van der Waals surface area contributed by atoms with Crippen LogP contribution in [0.5, 0.6) is 0 Å². The SMILES string of the molecule is Fc1c(Cl)cccc1CC(CCl)c1cccc(Br)c1. The quantitative estimate of drug-likeness (QED) is 0.603. The van der Waals surface area contributed by atoms with Crippen LogP contribution in [-0.4, -0.2) is 5.88 Å². The monoisotopic (exact) mass is 360 g/mol. The van der Waals surface area contributed by atoms with Gasteiger partial charge in [-0.2, -0.15) is 0 Å². The lowest BCUT2D eigenvalue weighted by molar-refractivity contribution is 0.599. The van der Waals surface area contributed by atoms with E-state index in [1.54, 1.807) is 18.2 Å². The molecule has 2 aromatic rings. The molecule has 0 bridgehead atoms. The van der Waals surface area contributed by atoms with E-state index in [4.69, 9.17) is 23.2 Å². The lowest BCUT2D eigenvalue weighted by Gasteiger charge is -2.15. The van der Waals surface area contributed by atoms with Gasteiger partial charge in [0.2, 0.25) is 0 Å². The first-order valence-corrected chi connectivity index (χ1v) is 7.56. The van der Waals surface area contributed by atoms with Crippen LogP contribution in [0.3, 0.4) is 0 Å². The number of alkyl halides is 1. The molecule has 1 atom stereocenters. The van der Waals surface area contributed by atoms with Gasteiger partial charge in [0.15, 0.2) is 0 Å². The molecule has 1 unspecified atom stereocenters. The van der Waals surface area contributed by atoms with Gasteiger partial charge in [-0.3, -0.25) is 0 Å². The summed E-state index contributed by atoms with van der Waals surface area (Å²) in [5.74, 6) is 0.143. The molecular weight excluding hydrogens is 350 g/mol. The van der Waals surface area contributed by atoms with Crippen LogP contribution in [0, 0.1) is 5.82 Å². The topological polar surface area (TPSA) is 0 Å². The van der Waals surface area contributed by atoms with Crippen molar-refractivity contribution in [3.63, 3.8) is 0 Å². The van der Waals surface area contributed by atoms with Gasteiger partial charge in [-0.15, -0.1) is 11.6 Å². The van der Waals surface area contributed by atoms with Crippen molar-refractivity contribution in [1.29, 1.82) is 0 Å². The Morgan fingerprint density at radius 3 is 2.58 bits per heavy atom. The standard InChI is InChI=1S/C15H12BrCl2F/c16-13-5-1-3-10(8-13)12(9-17)7-11-4-2-6-14(18)15(11)19/h1-6,8,12H,7,9H2. The molecule has 0 heterocycles. The highest BCUT2D eigenvalue weighted by atomic mass is 79.9. The summed E-state index contributed by atoms with van der Waals surface area (Å²) in [5.41, 5.74) is 1.68. The van der Waals surface area contributed by atoms with E-state index >= 15 is 0 Å². The second-order valence-corrected chi connectivity index (χ2v) is 5.95. The number of hydrogen-bond acceptors (Lipinski definition) is 0. The number of hydrogen-bond donors (Lipinski definition) is 0. The molecule has 0 saturated carbocycles. The van der Waals surface area contributed by atoms with Gasteiger partial charge in [-0.1, -0.05) is 51.8 Å². The zero-order valence-corrected chi connectivity index (χ0v) is 13.1. The minimum Gasteiger partial charge on any atom is -0.205 e. The number of benzene rings is 2. The first-order valence-electron chi connectivity index (χ1n) is 5.86. The minimum absolute atomic E-state index is 0.0622. The molecule has 0 aliphatic heterocycles. The predicted octanol–water partition coefficient (Wildman–Crippen LogP) is 5.81. The molecule has 2 rings (SSSR count). The van der Waals surface area contributed by atoms with Gasteiger partial charge in [-0.05, 0) is 35.7 Å². The Labute approximate surface area is 130 Å². The molecular formula is C15H12BrCl2F. The van der Waals surface area contributed by atoms with Gasteiger partial charge < -0.3 is 0 Å². The lowest BCUT2D eigenvalue weighted by Crippen LogP contribution is -2.06. The zero-order chi connectivity index (χ0) is 13.8. The van der Waals surface area contributed by atoms with E-state index in [0.29, 0.717) is 17.9 Å². The maximum Gasteiger partial charge on any atom is 0.144 e. The van der Waals surface area contributed by atoms with Gasteiger partial charge in [0.1, 0.15) is 5.82 Å². The fourth-order valence-corrected chi connectivity index (χ4v) is 2.89.